The van der Waals surface area contributed by atoms with Crippen molar-refractivity contribution in [3.05, 3.63) is 42.2 Å². The van der Waals surface area contributed by atoms with Crippen molar-refractivity contribution in [2.45, 2.75) is 46.1 Å². The van der Waals surface area contributed by atoms with Crippen LogP contribution in [0.25, 0.3) is 11.1 Å². The second-order valence-electron chi connectivity index (χ2n) is 6.42. The van der Waals surface area contributed by atoms with E-state index < -0.39 is 0 Å². The summed E-state index contributed by atoms with van der Waals surface area (Å²) in [5.41, 5.74) is 3.70. The highest BCUT2D eigenvalue weighted by atomic mass is 15.1. The highest BCUT2D eigenvalue weighted by molar-refractivity contribution is 5.62. The van der Waals surface area contributed by atoms with E-state index in [2.05, 4.69) is 74.2 Å². The van der Waals surface area contributed by atoms with Gasteiger partial charge in [0, 0.05) is 24.0 Å². The third kappa shape index (κ3) is 3.56. The quantitative estimate of drug-likeness (QED) is 0.904. The monoisotopic (exact) mass is 269 g/mol. The van der Waals surface area contributed by atoms with Gasteiger partial charge in [0.25, 0.3) is 0 Å². The second kappa shape index (κ2) is 5.61. The molecule has 0 saturated heterocycles. The summed E-state index contributed by atoms with van der Waals surface area (Å²) in [5, 5.41) is 3.19. The lowest BCUT2D eigenvalue weighted by molar-refractivity contribution is 0.590. The Morgan fingerprint density at radius 3 is 1.90 bits per heavy atom. The number of anilines is 1. The number of rotatable bonds is 3. The first-order valence-electron chi connectivity index (χ1n) is 7.06. The van der Waals surface area contributed by atoms with Crippen LogP contribution in [0.1, 0.15) is 40.2 Å². The molecule has 0 saturated carbocycles. The minimum atomic E-state index is 0.181. The van der Waals surface area contributed by atoms with Crippen LogP contribution in [0.4, 0.5) is 5.95 Å². The van der Waals surface area contributed by atoms with E-state index in [1.807, 2.05) is 12.4 Å². The Labute approximate surface area is 121 Å². The lowest BCUT2D eigenvalue weighted by atomic mass is 9.86. The molecule has 0 fully saturated rings. The van der Waals surface area contributed by atoms with Gasteiger partial charge < -0.3 is 5.32 Å². The van der Waals surface area contributed by atoms with Crippen molar-refractivity contribution in [2.24, 2.45) is 0 Å². The maximum absolute atomic E-state index is 4.34. The van der Waals surface area contributed by atoms with Crippen molar-refractivity contribution >= 4 is 5.95 Å². The van der Waals surface area contributed by atoms with Gasteiger partial charge in [-0.25, -0.2) is 9.97 Å². The van der Waals surface area contributed by atoms with Crippen LogP contribution in [0.15, 0.2) is 36.7 Å². The number of nitrogens with one attached hydrogen (secondary N) is 1. The molecular formula is C17H23N3. The normalized spacial score (nSPS) is 11.7. The predicted molar refractivity (Wildman–Crippen MR) is 84.9 cm³/mol. The molecule has 2 rings (SSSR count). The summed E-state index contributed by atoms with van der Waals surface area (Å²) in [6.07, 6.45) is 3.73. The molecule has 1 heterocycles. The first kappa shape index (κ1) is 14.5. The van der Waals surface area contributed by atoms with Crippen LogP contribution in [0.3, 0.4) is 0 Å². The van der Waals surface area contributed by atoms with Gasteiger partial charge in [0.05, 0.1) is 0 Å². The summed E-state index contributed by atoms with van der Waals surface area (Å²) < 4.78 is 0. The minimum Gasteiger partial charge on any atom is -0.352 e. The van der Waals surface area contributed by atoms with Crippen LogP contribution in [0.2, 0.25) is 0 Å². The molecule has 0 aliphatic heterocycles. The van der Waals surface area contributed by atoms with Gasteiger partial charge in [-0.1, -0.05) is 45.0 Å². The molecule has 1 aromatic carbocycles. The molecule has 0 atom stereocenters. The molecule has 2 aromatic rings. The maximum atomic E-state index is 4.34. The zero-order chi connectivity index (χ0) is 14.8. The third-order valence-corrected chi connectivity index (χ3v) is 3.15. The average Bonchev–Trinajstić information content (AvgIpc) is 2.38. The topological polar surface area (TPSA) is 37.8 Å². The molecule has 3 nitrogen and oxygen atoms in total. The van der Waals surface area contributed by atoms with Gasteiger partial charge in [-0.05, 0) is 30.4 Å². The first-order chi connectivity index (χ1) is 9.36. The van der Waals surface area contributed by atoms with E-state index in [4.69, 9.17) is 0 Å². The van der Waals surface area contributed by atoms with E-state index in [0.717, 1.165) is 11.1 Å². The number of hydrogen-bond acceptors (Lipinski definition) is 3. The molecule has 0 bridgehead atoms. The smallest absolute Gasteiger partial charge is 0.222 e. The summed E-state index contributed by atoms with van der Waals surface area (Å²) in [7, 11) is 0. The molecule has 3 heteroatoms. The lowest BCUT2D eigenvalue weighted by Crippen LogP contribution is -2.12. The second-order valence-corrected chi connectivity index (χ2v) is 6.42. The van der Waals surface area contributed by atoms with Gasteiger partial charge in [-0.15, -0.1) is 0 Å². The van der Waals surface area contributed by atoms with Gasteiger partial charge in [0.1, 0.15) is 0 Å². The fourth-order valence-corrected chi connectivity index (χ4v) is 1.97. The van der Waals surface area contributed by atoms with Crippen molar-refractivity contribution in [1.29, 1.82) is 0 Å². The van der Waals surface area contributed by atoms with Crippen molar-refractivity contribution < 1.29 is 0 Å². The standard InChI is InChI=1S/C17H23N3/c1-12(2)20-16-18-10-14(11-19-16)13-6-8-15(9-7-13)17(3,4)5/h6-12H,1-5H3,(H,18,19,20). The summed E-state index contributed by atoms with van der Waals surface area (Å²) >= 11 is 0. The SMILES string of the molecule is CC(C)Nc1ncc(-c2ccc(C(C)(C)C)cc2)cn1. The number of hydrogen-bond donors (Lipinski definition) is 1. The Balaban J connectivity index is 2.19. The molecule has 0 radical (unpaired) electrons. The molecule has 106 valence electrons. The van der Waals surface area contributed by atoms with E-state index in [9.17, 15) is 0 Å². The van der Waals surface area contributed by atoms with Crippen LogP contribution in [0, 0.1) is 0 Å². The maximum Gasteiger partial charge on any atom is 0.222 e. The zero-order valence-electron chi connectivity index (χ0n) is 12.9. The van der Waals surface area contributed by atoms with Crippen molar-refractivity contribution in [2.75, 3.05) is 5.32 Å². The van der Waals surface area contributed by atoms with E-state index in [1.165, 1.54) is 5.56 Å². The van der Waals surface area contributed by atoms with Gasteiger partial charge in [0.2, 0.25) is 5.95 Å². The summed E-state index contributed by atoms with van der Waals surface area (Å²) in [6.45, 7) is 10.8. The van der Waals surface area contributed by atoms with Gasteiger partial charge in [-0.2, -0.15) is 0 Å². The molecule has 0 aliphatic rings. The molecule has 0 spiro atoms. The van der Waals surface area contributed by atoms with Crippen molar-refractivity contribution in [1.82, 2.24) is 9.97 Å². The fourth-order valence-electron chi connectivity index (χ4n) is 1.97. The van der Waals surface area contributed by atoms with Gasteiger partial charge in [-0.3, -0.25) is 0 Å². The molecule has 20 heavy (non-hydrogen) atoms. The van der Waals surface area contributed by atoms with Gasteiger partial charge >= 0.3 is 0 Å². The van der Waals surface area contributed by atoms with Crippen molar-refractivity contribution in [3.8, 4) is 11.1 Å². The predicted octanol–water partition coefficient (Wildman–Crippen LogP) is 4.26. The van der Waals surface area contributed by atoms with Crippen LogP contribution < -0.4 is 5.32 Å². The highest BCUT2D eigenvalue weighted by Crippen LogP contribution is 2.25. The first-order valence-corrected chi connectivity index (χ1v) is 7.06. The largest absolute Gasteiger partial charge is 0.352 e. The Kier molecular flexibility index (Phi) is 4.07. The lowest BCUT2D eigenvalue weighted by Gasteiger charge is -2.19. The number of benzene rings is 1. The molecule has 1 aromatic heterocycles. The van der Waals surface area contributed by atoms with Crippen LogP contribution in [-0.2, 0) is 5.41 Å². The molecular weight excluding hydrogens is 246 g/mol. The summed E-state index contributed by atoms with van der Waals surface area (Å²) in [5.74, 6) is 0.676. The number of aromatic nitrogens is 2. The van der Waals surface area contributed by atoms with Crippen LogP contribution in [0.5, 0.6) is 0 Å². The number of nitrogens with zero attached hydrogens (tertiary/aromatic N) is 2. The minimum absolute atomic E-state index is 0.181. The molecule has 0 aliphatic carbocycles. The van der Waals surface area contributed by atoms with Crippen molar-refractivity contribution in [3.63, 3.8) is 0 Å². The van der Waals surface area contributed by atoms with E-state index >= 15 is 0 Å². The van der Waals surface area contributed by atoms with Crippen LogP contribution in [-0.4, -0.2) is 16.0 Å². The van der Waals surface area contributed by atoms with E-state index in [1.54, 1.807) is 0 Å². The molecule has 0 amide bonds. The van der Waals surface area contributed by atoms with E-state index in [0.29, 0.717) is 12.0 Å². The zero-order valence-corrected chi connectivity index (χ0v) is 12.9. The average molecular weight is 269 g/mol. The van der Waals surface area contributed by atoms with Gasteiger partial charge in [0.15, 0.2) is 0 Å². The fraction of sp³-hybridized carbons (Fsp3) is 0.412. The molecule has 0 unspecified atom stereocenters. The Morgan fingerprint density at radius 1 is 0.900 bits per heavy atom. The highest BCUT2D eigenvalue weighted by Gasteiger charge is 2.13. The molecule has 1 N–H and O–H groups in total. The summed E-state index contributed by atoms with van der Waals surface area (Å²) in [6, 6.07) is 8.96. The Morgan fingerprint density at radius 2 is 1.45 bits per heavy atom. The third-order valence-electron chi connectivity index (χ3n) is 3.15. The Hall–Kier alpha value is -1.90. The Bertz CT molecular complexity index is 548. The van der Waals surface area contributed by atoms with Crippen LogP contribution >= 0.6 is 0 Å². The van der Waals surface area contributed by atoms with E-state index in [-0.39, 0.29) is 5.41 Å². The summed E-state index contributed by atoms with van der Waals surface area (Å²) in [4.78, 5) is 8.69.